The summed E-state index contributed by atoms with van der Waals surface area (Å²) in [5.41, 5.74) is 6.30. The molecule has 37 heavy (non-hydrogen) atoms. The number of hydrogen-bond donors (Lipinski definition) is 3. The van der Waals surface area contributed by atoms with E-state index >= 15 is 0 Å². The second kappa shape index (κ2) is 13.2. The van der Waals surface area contributed by atoms with Crippen molar-refractivity contribution >= 4 is 11.9 Å². The molecule has 0 unspecified atom stereocenters. The van der Waals surface area contributed by atoms with Crippen molar-refractivity contribution in [2.75, 3.05) is 13.2 Å². The Hall–Kier alpha value is -2.04. The molecule has 0 saturated carbocycles. The topological polar surface area (TPSA) is 133 Å². The van der Waals surface area contributed by atoms with Crippen LogP contribution in [0.15, 0.2) is 36.0 Å². The highest BCUT2D eigenvalue weighted by Crippen LogP contribution is 2.43. The molecule has 0 aromatic carbocycles. The zero-order chi connectivity index (χ0) is 27.2. The van der Waals surface area contributed by atoms with Gasteiger partial charge in [0.25, 0.3) is 0 Å². The lowest BCUT2D eigenvalue weighted by Crippen LogP contribution is -2.50. The van der Waals surface area contributed by atoms with Crippen LogP contribution in [0.5, 0.6) is 0 Å². The number of aliphatic hydroxyl groups excluding tert-OH is 1. The van der Waals surface area contributed by atoms with E-state index in [2.05, 4.69) is 18.3 Å². The van der Waals surface area contributed by atoms with Crippen LogP contribution in [0.1, 0.15) is 60.3 Å². The first-order valence-electron chi connectivity index (χ1n) is 13.4. The Morgan fingerprint density at radius 1 is 1.24 bits per heavy atom. The van der Waals surface area contributed by atoms with Gasteiger partial charge in [0.1, 0.15) is 23.9 Å². The number of aliphatic hydroxyl groups is 1. The zero-order valence-electron chi connectivity index (χ0n) is 22.7. The van der Waals surface area contributed by atoms with E-state index in [0.29, 0.717) is 19.6 Å². The number of carbonyl (C=O) groups is 2. The molecule has 208 valence electrons. The Morgan fingerprint density at radius 2 is 1.97 bits per heavy atom. The number of allylic oxidation sites excluding steroid dienone is 2. The second-order valence-corrected chi connectivity index (χ2v) is 10.7. The van der Waals surface area contributed by atoms with Crippen molar-refractivity contribution in [3.8, 4) is 0 Å². The molecule has 0 aromatic heterocycles. The molecule has 1 spiro atoms. The quantitative estimate of drug-likeness (QED) is 0.173. The number of amides is 1. The van der Waals surface area contributed by atoms with Crippen LogP contribution >= 0.6 is 0 Å². The number of nitrogens with one attached hydrogen (secondary N) is 1. The molecule has 0 radical (unpaired) electrons. The number of ether oxygens (including phenoxy) is 4. The summed E-state index contributed by atoms with van der Waals surface area (Å²) in [4.78, 5) is 23.3. The highest BCUT2D eigenvalue weighted by molar-refractivity contribution is 5.87. The third-order valence-corrected chi connectivity index (χ3v) is 7.41. The Morgan fingerprint density at radius 3 is 2.62 bits per heavy atom. The highest BCUT2D eigenvalue weighted by atomic mass is 16.6. The molecule has 9 heteroatoms. The van der Waals surface area contributed by atoms with Crippen molar-refractivity contribution in [3.63, 3.8) is 0 Å². The van der Waals surface area contributed by atoms with Crippen molar-refractivity contribution < 1.29 is 33.6 Å². The van der Waals surface area contributed by atoms with E-state index in [0.717, 1.165) is 24.8 Å². The summed E-state index contributed by atoms with van der Waals surface area (Å²) in [5.74, 6) is -0.361. The first-order chi connectivity index (χ1) is 17.5. The van der Waals surface area contributed by atoms with Gasteiger partial charge in [-0.3, -0.25) is 9.59 Å². The fourth-order valence-electron chi connectivity index (χ4n) is 5.12. The monoisotopic (exact) mass is 520 g/mol. The number of esters is 1. The molecule has 3 heterocycles. The van der Waals surface area contributed by atoms with Gasteiger partial charge in [-0.1, -0.05) is 30.7 Å². The fraction of sp³-hybridized carbons (Fsp3) is 0.714. The SMILES string of the molecule is CC(=O)O[C@@H](C)/C=C\C(=O)N[C@@H]1C[C@H](C)[C@H](C/C=C(C)/C=C/[C@H]2O[C@H](CCN)C[C@@]3(CO3)[C@@H]2O)O[C@@H]1C. The van der Waals surface area contributed by atoms with Gasteiger partial charge in [0.05, 0.1) is 31.0 Å². The Kier molecular flexibility index (Phi) is 10.5. The summed E-state index contributed by atoms with van der Waals surface area (Å²) < 4.78 is 22.9. The molecular weight excluding hydrogens is 476 g/mol. The van der Waals surface area contributed by atoms with Crippen LogP contribution in [-0.4, -0.2) is 78.4 Å². The maximum absolute atomic E-state index is 12.3. The number of carbonyl (C=O) groups excluding carboxylic acids is 2. The molecule has 0 aromatic rings. The zero-order valence-corrected chi connectivity index (χ0v) is 22.7. The summed E-state index contributed by atoms with van der Waals surface area (Å²) in [5, 5.41) is 13.7. The maximum Gasteiger partial charge on any atom is 0.303 e. The average molecular weight is 521 g/mol. The minimum Gasteiger partial charge on any atom is -0.459 e. The van der Waals surface area contributed by atoms with Gasteiger partial charge in [0.15, 0.2) is 0 Å². The van der Waals surface area contributed by atoms with Crippen LogP contribution in [0.25, 0.3) is 0 Å². The lowest BCUT2D eigenvalue weighted by Gasteiger charge is -2.39. The third-order valence-electron chi connectivity index (χ3n) is 7.41. The van der Waals surface area contributed by atoms with Crippen LogP contribution in [0.2, 0.25) is 0 Å². The van der Waals surface area contributed by atoms with Gasteiger partial charge in [-0.05, 0) is 58.6 Å². The molecule has 0 aliphatic carbocycles. The van der Waals surface area contributed by atoms with Gasteiger partial charge in [0.2, 0.25) is 5.91 Å². The van der Waals surface area contributed by atoms with Crippen LogP contribution < -0.4 is 11.1 Å². The summed E-state index contributed by atoms with van der Waals surface area (Å²) in [6, 6.07) is -0.0965. The average Bonchev–Trinajstić information content (AvgIpc) is 3.60. The first-order valence-corrected chi connectivity index (χ1v) is 13.4. The Bertz CT molecular complexity index is 882. The molecule has 4 N–H and O–H groups in total. The van der Waals surface area contributed by atoms with Gasteiger partial charge >= 0.3 is 5.97 Å². The van der Waals surface area contributed by atoms with Crippen molar-refractivity contribution in [3.05, 3.63) is 36.0 Å². The summed E-state index contributed by atoms with van der Waals surface area (Å²) >= 11 is 0. The second-order valence-electron chi connectivity index (χ2n) is 10.7. The smallest absolute Gasteiger partial charge is 0.303 e. The van der Waals surface area contributed by atoms with E-state index in [9.17, 15) is 14.7 Å². The van der Waals surface area contributed by atoms with Crippen LogP contribution in [0, 0.1) is 5.92 Å². The van der Waals surface area contributed by atoms with Crippen molar-refractivity contribution in [2.24, 2.45) is 11.7 Å². The number of nitrogens with two attached hydrogens (primary N) is 1. The minimum atomic E-state index is -0.681. The van der Waals surface area contributed by atoms with Gasteiger partial charge in [-0.25, -0.2) is 0 Å². The molecule has 9 nitrogen and oxygen atoms in total. The Labute approximate surface area is 220 Å². The van der Waals surface area contributed by atoms with Crippen LogP contribution in [0.3, 0.4) is 0 Å². The molecule has 9 atom stereocenters. The summed E-state index contributed by atoms with van der Waals surface area (Å²) in [6.45, 7) is 10.3. The maximum atomic E-state index is 12.3. The van der Waals surface area contributed by atoms with Crippen molar-refractivity contribution in [1.29, 1.82) is 0 Å². The lowest BCUT2D eigenvalue weighted by atomic mass is 9.87. The number of epoxide rings is 1. The van der Waals surface area contributed by atoms with E-state index in [4.69, 9.17) is 24.7 Å². The lowest BCUT2D eigenvalue weighted by molar-refractivity contribution is -0.143. The van der Waals surface area contributed by atoms with E-state index in [1.165, 1.54) is 13.0 Å². The predicted molar refractivity (Wildman–Crippen MR) is 140 cm³/mol. The van der Waals surface area contributed by atoms with Crippen molar-refractivity contribution in [2.45, 2.75) is 109 Å². The van der Waals surface area contributed by atoms with E-state index in [1.54, 1.807) is 13.0 Å². The van der Waals surface area contributed by atoms with E-state index < -0.39 is 23.9 Å². The minimum absolute atomic E-state index is 0.00554. The molecular formula is C28H44N2O7. The molecule has 3 aliphatic rings. The molecule has 3 aliphatic heterocycles. The van der Waals surface area contributed by atoms with Gasteiger partial charge in [-0.15, -0.1) is 0 Å². The first kappa shape index (κ1) is 29.5. The summed E-state index contributed by atoms with van der Waals surface area (Å²) in [6.07, 6.45) is 10.3. The molecule has 0 bridgehead atoms. The highest BCUT2D eigenvalue weighted by Gasteiger charge is 2.58. The third kappa shape index (κ3) is 8.48. The van der Waals surface area contributed by atoms with Gasteiger partial charge in [0, 0.05) is 19.4 Å². The standard InChI is InChI=1S/C28H44N2O7/c1-17(7-10-25-27(33)28(16-34-28)15-22(37-25)12-13-29)6-9-24-18(2)14-23(20(4)36-24)30-26(32)11-8-19(3)35-21(5)31/h6-8,10-11,18-20,22-25,27,33H,9,12-16,29H2,1-5H3,(H,30,32)/b10-7+,11-8-,17-6+/t18-,19-,20+,22+,23+,24-,25+,27+,28+/m0/s1. The number of rotatable bonds is 10. The molecule has 3 rings (SSSR count). The molecule has 3 fully saturated rings. The predicted octanol–water partition coefficient (Wildman–Crippen LogP) is 2.32. The molecule has 3 saturated heterocycles. The number of hydrogen-bond acceptors (Lipinski definition) is 8. The van der Waals surface area contributed by atoms with Crippen LogP contribution in [0.4, 0.5) is 0 Å². The van der Waals surface area contributed by atoms with E-state index in [1.807, 2.05) is 26.0 Å². The Balaban J connectivity index is 1.48. The normalized spacial score (nSPS) is 37.2. The van der Waals surface area contributed by atoms with Crippen molar-refractivity contribution in [1.82, 2.24) is 5.32 Å². The van der Waals surface area contributed by atoms with Gasteiger partial charge < -0.3 is 35.1 Å². The van der Waals surface area contributed by atoms with Gasteiger partial charge in [-0.2, -0.15) is 0 Å². The largest absolute Gasteiger partial charge is 0.459 e. The molecule has 1 amide bonds. The van der Waals surface area contributed by atoms with E-state index in [-0.39, 0.29) is 42.1 Å². The fourth-order valence-corrected chi connectivity index (χ4v) is 5.12. The summed E-state index contributed by atoms with van der Waals surface area (Å²) in [7, 11) is 0. The van der Waals surface area contributed by atoms with Crippen LogP contribution in [-0.2, 0) is 28.5 Å².